The molecule has 3 aliphatic carbocycles. The number of aliphatic hydroxyl groups excluding tert-OH is 2. The summed E-state index contributed by atoms with van der Waals surface area (Å²) in [5.74, 6) is 1.47. The topological polar surface area (TPSA) is 49.7 Å². The molecule has 180 valence electrons. The van der Waals surface area contributed by atoms with Crippen molar-refractivity contribution in [3.63, 3.8) is 0 Å². The fraction of sp³-hybridized carbons (Fsp3) is 0.586. The highest BCUT2D eigenvalue weighted by atomic mass is 19.1. The van der Waals surface area contributed by atoms with Crippen LogP contribution in [0, 0.1) is 29.0 Å². The number of ether oxygens (including phenoxy) is 1. The average molecular weight is 455 g/mol. The van der Waals surface area contributed by atoms with Crippen LogP contribution in [0.25, 0.3) is 0 Å². The summed E-state index contributed by atoms with van der Waals surface area (Å²) >= 11 is 0. The molecular weight excluding hydrogens is 415 g/mol. The van der Waals surface area contributed by atoms with Gasteiger partial charge in [0.15, 0.2) is 0 Å². The molecule has 2 N–H and O–H groups in total. The Morgan fingerprint density at radius 1 is 1.21 bits per heavy atom. The second-order valence-electron chi connectivity index (χ2n) is 10.8. The zero-order valence-electron chi connectivity index (χ0n) is 20.1. The van der Waals surface area contributed by atoms with E-state index in [0.29, 0.717) is 37.2 Å². The van der Waals surface area contributed by atoms with Gasteiger partial charge in [-0.3, -0.25) is 0 Å². The third-order valence-electron chi connectivity index (χ3n) is 8.55. The summed E-state index contributed by atoms with van der Waals surface area (Å²) < 4.78 is 19.2. The molecule has 1 aromatic rings. The smallest absolute Gasteiger partial charge is 0.123 e. The lowest BCUT2D eigenvalue weighted by Crippen LogP contribution is -2.37. The van der Waals surface area contributed by atoms with E-state index in [1.807, 2.05) is 0 Å². The summed E-state index contributed by atoms with van der Waals surface area (Å²) in [6.45, 7) is 10.1. The molecule has 0 amide bonds. The van der Waals surface area contributed by atoms with Gasteiger partial charge < -0.3 is 14.9 Å². The standard InChI is InChI=1S/C29H39FO3/c1-19(17-33-18-21-6-10-24(30)11-7-21)26-12-13-27-22(5-4-14-29(26,27)3)8-9-23-15-25(31)16-28(32)20(23)2/h6-11,19,25-28,31-32H,2,4-5,12-18H2,1,3H3/t19-,25-,26-,27+,28+,29-/m1/s1. The summed E-state index contributed by atoms with van der Waals surface area (Å²) in [4.78, 5) is 0. The molecule has 4 rings (SSSR count). The predicted octanol–water partition coefficient (Wildman–Crippen LogP) is 6.12. The van der Waals surface area contributed by atoms with E-state index in [4.69, 9.17) is 4.74 Å². The van der Waals surface area contributed by atoms with Gasteiger partial charge in [-0.15, -0.1) is 0 Å². The zero-order chi connectivity index (χ0) is 23.6. The van der Waals surface area contributed by atoms with Crippen molar-refractivity contribution >= 4 is 0 Å². The van der Waals surface area contributed by atoms with E-state index in [1.165, 1.54) is 43.4 Å². The molecule has 3 nitrogen and oxygen atoms in total. The van der Waals surface area contributed by atoms with Crippen LogP contribution in [-0.2, 0) is 11.3 Å². The van der Waals surface area contributed by atoms with Crippen LogP contribution in [0.2, 0.25) is 0 Å². The maximum Gasteiger partial charge on any atom is 0.123 e. The number of halogens is 1. The van der Waals surface area contributed by atoms with Crippen molar-refractivity contribution in [2.75, 3.05) is 6.61 Å². The van der Waals surface area contributed by atoms with Gasteiger partial charge >= 0.3 is 0 Å². The van der Waals surface area contributed by atoms with Crippen LogP contribution < -0.4 is 0 Å². The average Bonchev–Trinajstić information content (AvgIpc) is 3.14. The van der Waals surface area contributed by atoms with E-state index in [-0.39, 0.29) is 11.2 Å². The van der Waals surface area contributed by atoms with Gasteiger partial charge in [0.1, 0.15) is 5.82 Å². The predicted molar refractivity (Wildman–Crippen MR) is 130 cm³/mol. The largest absolute Gasteiger partial charge is 0.393 e. The first-order valence-corrected chi connectivity index (χ1v) is 12.5. The maximum atomic E-state index is 13.1. The van der Waals surface area contributed by atoms with E-state index in [0.717, 1.165) is 29.7 Å². The minimum atomic E-state index is -0.637. The Hall–Kier alpha value is -1.75. The van der Waals surface area contributed by atoms with E-state index < -0.39 is 12.2 Å². The molecule has 0 aromatic heterocycles. The van der Waals surface area contributed by atoms with Crippen molar-refractivity contribution in [3.05, 3.63) is 71.1 Å². The fourth-order valence-electron chi connectivity index (χ4n) is 6.74. The first-order chi connectivity index (χ1) is 15.8. The van der Waals surface area contributed by atoms with Crippen LogP contribution in [0.5, 0.6) is 0 Å². The summed E-state index contributed by atoms with van der Waals surface area (Å²) in [5, 5.41) is 20.2. The first kappa shape index (κ1) is 24.4. The van der Waals surface area contributed by atoms with Crippen molar-refractivity contribution < 1.29 is 19.3 Å². The molecule has 0 aliphatic heterocycles. The summed E-state index contributed by atoms with van der Waals surface area (Å²) in [6.07, 6.45) is 10.2. The molecule has 0 saturated heterocycles. The van der Waals surface area contributed by atoms with Crippen LogP contribution in [-0.4, -0.2) is 29.0 Å². The minimum Gasteiger partial charge on any atom is -0.393 e. The van der Waals surface area contributed by atoms with Crippen molar-refractivity contribution in [2.45, 2.75) is 77.6 Å². The number of fused-ring (bicyclic) bond motifs is 1. The van der Waals surface area contributed by atoms with Gasteiger partial charge in [0.25, 0.3) is 0 Å². The quantitative estimate of drug-likeness (QED) is 0.544. The zero-order valence-corrected chi connectivity index (χ0v) is 20.1. The number of allylic oxidation sites excluding steroid dienone is 3. The molecule has 0 unspecified atom stereocenters. The van der Waals surface area contributed by atoms with Crippen molar-refractivity contribution in [2.24, 2.45) is 23.2 Å². The highest BCUT2D eigenvalue weighted by Crippen LogP contribution is 2.59. The molecule has 0 bridgehead atoms. The van der Waals surface area contributed by atoms with Gasteiger partial charge in [-0.2, -0.15) is 0 Å². The number of hydrogen-bond donors (Lipinski definition) is 2. The molecule has 0 radical (unpaired) electrons. The molecule has 3 fully saturated rings. The molecule has 3 aliphatic rings. The Balaban J connectivity index is 1.40. The maximum absolute atomic E-state index is 13.1. The number of benzene rings is 1. The monoisotopic (exact) mass is 454 g/mol. The van der Waals surface area contributed by atoms with E-state index >= 15 is 0 Å². The minimum absolute atomic E-state index is 0.214. The number of hydrogen-bond acceptors (Lipinski definition) is 3. The Morgan fingerprint density at radius 3 is 2.73 bits per heavy atom. The second kappa shape index (κ2) is 10.2. The molecule has 6 atom stereocenters. The van der Waals surface area contributed by atoms with Gasteiger partial charge in [0, 0.05) is 13.0 Å². The molecule has 0 spiro atoms. The van der Waals surface area contributed by atoms with Crippen LogP contribution in [0.15, 0.2) is 59.7 Å². The van der Waals surface area contributed by atoms with Crippen LogP contribution in [0.3, 0.4) is 0 Å². The SMILES string of the molecule is C=C1C(=CC=C2CCC[C@]3(C)[C@@H]([C@H](C)COCc4ccc(F)cc4)CC[C@@H]23)C[C@@H](O)C[C@@H]1O. The van der Waals surface area contributed by atoms with Crippen molar-refractivity contribution in [1.82, 2.24) is 0 Å². The Kier molecular flexibility index (Phi) is 7.57. The van der Waals surface area contributed by atoms with Crippen LogP contribution in [0.4, 0.5) is 4.39 Å². The molecule has 0 heterocycles. The Morgan fingerprint density at radius 2 is 1.97 bits per heavy atom. The van der Waals surface area contributed by atoms with Gasteiger partial charge in [-0.1, -0.05) is 50.3 Å². The highest BCUT2D eigenvalue weighted by molar-refractivity contribution is 5.38. The Labute approximate surface area is 198 Å². The second-order valence-corrected chi connectivity index (χ2v) is 10.8. The molecular formula is C29H39FO3. The normalized spacial score (nSPS) is 35.7. The Bertz CT molecular complexity index is 902. The molecule has 4 heteroatoms. The van der Waals surface area contributed by atoms with E-state index in [1.54, 1.807) is 12.1 Å². The molecule has 3 saturated carbocycles. The highest BCUT2D eigenvalue weighted by Gasteiger charge is 2.50. The molecule has 1 aromatic carbocycles. The molecule has 33 heavy (non-hydrogen) atoms. The lowest BCUT2D eigenvalue weighted by atomic mass is 9.61. The van der Waals surface area contributed by atoms with E-state index in [9.17, 15) is 14.6 Å². The summed E-state index contributed by atoms with van der Waals surface area (Å²) in [7, 11) is 0. The van der Waals surface area contributed by atoms with Gasteiger partial charge in [-0.05, 0) is 90.5 Å². The fourth-order valence-corrected chi connectivity index (χ4v) is 6.74. The third kappa shape index (κ3) is 5.34. The lowest BCUT2D eigenvalue weighted by molar-refractivity contribution is 0.0277. The van der Waals surface area contributed by atoms with Crippen molar-refractivity contribution in [1.29, 1.82) is 0 Å². The van der Waals surface area contributed by atoms with Crippen LogP contribution >= 0.6 is 0 Å². The van der Waals surface area contributed by atoms with Gasteiger partial charge in [0.2, 0.25) is 0 Å². The van der Waals surface area contributed by atoms with Gasteiger partial charge in [-0.25, -0.2) is 4.39 Å². The van der Waals surface area contributed by atoms with Crippen LogP contribution in [0.1, 0.15) is 64.4 Å². The summed E-state index contributed by atoms with van der Waals surface area (Å²) in [6, 6.07) is 6.55. The lowest BCUT2D eigenvalue weighted by Gasteiger charge is -2.44. The van der Waals surface area contributed by atoms with Crippen molar-refractivity contribution in [3.8, 4) is 0 Å². The van der Waals surface area contributed by atoms with E-state index in [2.05, 4.69) is 32.6 Å². The first-order valence-electron chi connectivity index (χ1n) is 12.5. The van der Waals surface area contributed by atoms with Gasteiger partial charge in [0.05, 0.1) is 18.8 Å². The number of aliphatic hydroxyl groups is 2. The summed E-state index contributed by atoms with van der Waals surface area (Å²) in [5.41, 5.74) is 4.55. The third-order valence-corrected chi connectivity index (χ3v) is 8.55. The number of rotatable bonds is 6.